The number of benzene rings is 1. The first kappa shape index (κ1) is 20.5. The number of halogens is 1. The van der Waals surface area contributed by atoms with E-state index < -0.39 is 26.3 Å². The van der Waals surface area contributed by atoms with E-state index >= 15 is 0 Å². The molecule has 0 spiro atoms. The van der Waals surface area contributed by atoms with Crippen molar-refractivity contribution in [1.29, 1.82) is 0 Å². The molecule has 154 valence electrons. The molecule has 0 aliphatic rings. The van der Waals surface area contributed by atoms with Crippen molar-refractivity contribution >= 4 is 32.9 Å². The van der Waals surface area contributed by atoms with Crippen LogP contribution in [0.5, 0.6) is 0 Å². The molecule has 31 heavy (non-hydrogen) atoms. The molecule has 0 aliphatic carbocycles. The number of sulfone groups is 1. The lowest BCUT2D eigenvalue weighted by molar-refractivity contribution is -0.391. The van der Waals surface area contributed by atoms with Crippen LogP contribution in [0.15, 0.2) is 72.0 Å². The van der Waals surface area contributed by atoms with Gasteiger partial charge in [-0.15, -0.1) is 0 Å². The van der Waals surface area contributed by atoms with E-state index in [0.29, 0.717) is 11.1 Å². The molecule has 0 fully saturated rings. The Morgan fingerprint density at radius 3 is 2.58 bits per heavy atom. The van der Waals surface area contributed by atoms with Gasteiger partial charge in [0.15, 0.2) is 15.5 Å². The molecular weight excluding hydrogens is 440 g/mol. The molecule has 3 heterocycles. The summed E-state index contributed by atoms with van der Waals surface area (Å²) in [5.74, 6) is 4.68. The van der Waals surface area contributed by atoms with Crippen LogP contribution >= 0.6 is 11.6 Å². The highest BCUT2D eigenvalue weighted by molar-refractivity contribution is 7.90. The van der Waals surface area contributed by atoms with Gasteiger partial charge in [0.2, 0.25) is 5.65 Å². The summed E-state index contributed by atoms with van der Waals surface area (Å²) in [5, 5.41) is 12.0. The van der Waals surface area contributed by atoms with Gasteiger partial charge in [-0.25, -0.2) is 13.4 Å². The number of hydrogen-bond donors (Lipinski definition) is 0. The maximum absolute atomic E-state index is 12.8. The lowest BCUT2D eigenvalue weighted by atomic mass is 10.2. The molecule has 0 unspecified atom stereocenters. The number of imidazole rings is 1. The van der Waals surface area contributed by atoms with Crippen LogP contribution in [0.4, 0.5) is 5.82 Å². The molecule has 8 nitrogen and oxygen atoms in total. The first-order chi connectivity index (χ1) is 14.8. The summed E-state index contributed by atoms with van der Waals surface area (Å²) in [4.78, 5) is 19.4. The van der Waals surface area contributed by atoms with Crippen LogP contribution in [0, 0.1) is 22.0 Å². The van der Waals surface area contributed by atoms with E-state index in [0.717, 1.165) is 4.40 Å². The third kappa shape index (κ3) is 4.26. The Kier molecular flexibility index (Phi) is 5.42. The van der Waals surface area contributed by atoms with Crippen LogP contribution in [-0.4, -0.2) is 27.7 Å². The average molecular weight is 453 g/mol. The summed E-state index contributed by atoms with van der Waals surface area (Å²) in [6.07, 6.45) is 4.50. The van der Waals surface area contributed by atoms with Crippen LogP contribution in [-0.2, 0) is 15.6 Å². The number of nitro groups is 1. The predicted octanol–water partition coefficient (Wildman–Crippen LogP) is 3.66. The van der Waals surface area contributed by atoms with Crippen LogP contribution < -0.4 is 0 Å². The van der Waals surface area contributed by atoms with Crippen LogP contribution in [0.1, 0.15) is 16.8 Å². The van der Waals surface area contributed by atoms with Crippen LogP contribution in [0.2, 0.25) is 5.02 Å². The van der Waals surface area contributed by atoms with Gasteiger partial charge in [-0.05, 0) is 35.3 Å². The summed E-state index contributed by atoms with van der Waals surface area (Å²) < 4.78 is 26.7. The van der Waals surface area contributed by atoms with Crippen molar-refractivity contribution in [2.75, 3.05) is 0 Å². The zero-order valence-electron chi connectivity index (χ0n) is 15.8. The first-order valence-corrected chi connectivity index (χ1v) is 10.9. The normalized spacial score (nSPS) is 11.1. The fourth-order valence-electron chi connectivity index (χ4n) is 3.00. The smallest absolute Gasteiger partial charge is 0.352 e. The Balaban J connectivity index is 1.87. The third-order valence-corrected chi connectivity index (χ3v) is 6.19. The highest BCUT2D eigenvalue weighted by Crippen LogP contribution is 2.28. The average Bonchev–Trinajstić information content (AvgIpc) is 3.10. The van der Waals surface area contributed by atoms with Gasteiger partial charge < -0.3 is 10.1 Å². The SMILES string of the molecule is O=[N+]([O-])c1c(CS(=O)(=O)c2ccccc2)nc2c(C#Cc3cccnc3)cc(Cl)cn12. The Labute approximate surface area is 182 Å². The highest BCUT2D eigenvalue weighted by atomic mass is 35.5. The molecule has 4 aromatic rings. The van der Waals surface area contributed by atoms with E-state index in [1.807, 2.05) is 0 Å². The van der Waals surface area contributed by atoms with Gasteiger partial charge >= 0.3 is 5.82 Å². The van der Waals surface area contributed by atoms with Gasteiger partial charge in [0.1, 0.15) is 11.9 Å². The van der Waals surface area contributed by atoms with Crippen LogP contribution in [0.25, 0.3) is 5.65 Å². The van der Waals surface area contributed by atoms with E-state index in [-0.39, 0.29) is 21.3 Å². The minimum atomic E-state index is -3.85. The standard InChI is InChI=1S/C21H13ClN4O4S/c22-17-11-16(9-8-15-5-4-10-23-12-15)20-24-19(21(26(27)28)25(20)13-17)14-31(29,30)18-6-2-1-3-7-18/h1-7,10-13H,14H2. The molecule has 0 saturated carbocycles. The second kappa shape index (κ2) is 8.18. The van der Waals surface area contributed by atoms with Crippen molar-refractivity contribution in [1.82, 2.24) is 14.4 Å². The monoisotopic (exact) mass is 452 g/mol. The van der Waals surface area contributed by atoms with Crippen molar-refractivity contribution in [3.63, 3.8) is 0 Å². The molecule has 3 aromatic heterocycles. The first-order valence-electron chi connectivity index (χ1n) is 8.90. The summed E-state index contributed by atoms with van der Waals surface area (Å²) in [5.41, 5.74) is 0.905. The molecule has 0 N–H and O–H groups in total. The highest BCUT2D eigenvalue weighted by Gasteiger charge is 2.29. The number of rotatable bonds is 4. The lowest BCUT2D eigenvalue weighted by Crippen LogP contribution is -2.07. The summed E-state index contributed by atoms with van der Waals surface area (Å²) >= 11 is 6.15. The number of nitrogens with zero attached hydrogens (tertiary/aromatic N) is 4. The Hall–Kier alpha value is -3.74. The van der Waals surface area contributed by atoms with E-state index in [9.17, 15) is 18.5 Å². The summed E-state index contributed by atoms with van der Waals surface area (Å²) in [6.45, 7) is 0. The predicted molar refractivity (Wildman–Crippen MR) is 114 cm³/mol. The minimum Gasteiger partial charge on any atom is -0.358 e. The molecule has 0 atom stereocenters. The number of fused-ring (bicyclic) bond motifs is 1. The van der Waals surface area contributed by atoms with E-state index in [1.54, 1.807) is 42.7 Å². The second-order valence-electron chi connectivity index (χ2n) is 6.47. The topological polar surface area (TPSA) is 107 Å². The second-order valence-corrected chi connectivity index (χ2v) is 8.89. The van der Waals surface area contributed by atoms with Gasteiger partial charge in [-0.2, -0.15) is 4.40 Å². The Morgan fingerprint density at radius 1 is 1.13 bits per heavy atom. The van der Waals surface area contributed by atoms with E-state index in [4.69, 9.17) is 11.6 Å². The maximum atomic E-state index is 12.8. The molecule has 0 amide bonds. The Bertz CT molecular complexity index is 1460. The molecule has 1 aromatic carbocycles. The zero-order chi connectivity index (χ0) is 22.0. The lowest BCUT2D eigenvalue weighted by Gasteiger charge is -2.02. The van der Waals surface area contributed by atoms with Crippen molar-refractivity contribution in [3.05, 3.63) is 99.1 Å². The van der Waals surface area contributed by atoms with Crippen molar-refractivity contribution in [3.8, 4) is 11.8 Å². The van der Waals surface area contributed by atoms with Gasteiger partial charge in [-0.3, -0.25) is 4.98 Å². The molecule has 10 heteroatoms. The third-order valence-electron chi connectivity index (χ3n) is 4.34. The number of pyridine rings is 2. The molecule has 0 aliphatic heterocycles. The fourth-order valence-corrected chi connectivity index (χ4v) is 4.49. The van der Waals surface area contributed by atoms with Crippen molar-refractivity contribution < 1.29 is 13.3 Å². The largest absolute Gasteiger partial charge is 0.358 e. The van der Waals surface area contributed by atoms with Crippen molar-refractivity contribution in [2.45, 2.75) is 10.6 Å². The number of hydrogen-bond acceptors (Lipinski definition) is 6. The molecule has 4 rings (SSSR count). The van der Waals surface area contributed by atoms with E-state index in [2.05, 4.69) is 21.8 Å². The summed E-state index contributed by atoms with van der Waals surface area (Å²) in [6, 6.07) is 12.7. The quantitative estimate of drug-likeness (QED) is 0.265. The van der Waals surface area contributed by atoms with E-state index in [1.165, 1.54) is 24.4 Å². The number of aromatic nitrogens is 3. The summed E-state index contributed by atoms with van der Waals surface area (Å²) in [7, 11) is -3.85. The molecule has 0 saturated heterocycles. The zero-order valence-corrected chi connectivity index (χ0v) is 17.3. The van der Waals surface area contributed by atoms with Gasteiger partial charge in [-0.1, -0.05) is 41.6 Å². The van der Waals surface area contributed by atoms with Gasteiger partial charge in [0.05, 0.1) is 15.5 Å². The molecule has 0 radical (unpaired) electrons. The van der Waals surface area contributed by atoms with Crippen molar-refractivity contribution in [2.24, 2.45) is 0 Å². The molecular formula is C21H13ClN4O4S. The van der Waals surface area contributed by atoms with Crippen LogP contribution in [0.3, 0.4) is 0 Å². The maximum Gasteiger partial charge on any atom is 0.352 e. The fraction of sp³-hybridized carbons (Fsp3) is 0.0476. The minimum absolute atomic E-state index is 0.0518. The van der Waals surface area contributed by atoms with Gasteiger partial charge in [0.25, 0.3) is 0 Å². The Morgan fingerprint density at radius 2 is 1.90 bits per heavy atom. The molecule has 0 bridgehead atoms. The van der Waals surface area contributed by atoms with Gasteiger partial charge in [0, 0.05) is 18.0 Å².